The highest BCUT2D eigenvalue weighted by Gasteiger charge is 2.30. The number of hydrogen-bond donors (Lipinski definition) is 3. The number of unbranched alkanes of at least 4 members (excludes halogenated alkanes) is 50. The minimum absolute atomic E-state index is 0.102. The van der Waals surface area contributed by atoms with Crippen molar-refractivity contribution in [3.8, 4) is 0 Å². The zero-order valence-electron chi connectivity index (χ0n) is 64.0. The van der Waals surface area contributed by atoms with Gasteiger partial charge in [-0.2, -0.15) is 0 Å². The molecule has 0 spiro atoms. The molecule has 0 aliphatic heterocycles. The van der Waals surface area contributed by atoms with Gasteiger partial charge < -0.3 is 33.8 Å². The molecule has 0 aromatic carbocycles. The number of hydrogen-bond acceptors (Lipinski definition) is 15. The molecule has 99 heavy (non-hydrogen) atoms. The fourth-order valence-electron chi connectivity index (χ4n) is 11.9. The highest BCUT2D eigenvalue weighted by Crippen LogP contribution is 2.45. The van der Waals surface area contributed by atoms with E-state index in [1.807, 2.05) is 0 Å². The van der Waals surface area contributed by atoms with Crippen molar-refractivity contribution in [2.45, 2.75) is 425 Å². The van der Waals surface area contributed by atoms with Crippen LogP contribution in [0.15, 0.2) is 24.3 Å². The van der Waals surface area contributed by atoms with Gasteiger partial charge in [0.05, 0.1) is 26.4 Å². The van der Waals surface area contributed by atoms with Crippen LogP contribution in [0, 0.1) is 0 Å². The van der Waals surface area contributed by atoms with Gasteiger partial charge in [-0.05, 0) is 51.4 Å². The summed E-state index contributed by atoms with van der Waals surface area (Å²) < 4.78 is 68.6. The molecule has 0 radical (unpaired) electrons. The lowest BCUT2D eigenvalue weighted by atomic mass is 10.0. The molecule has 3 N–H and O–H groups in total. The maximum absolute atomic E-state index is 13.1. The van der Waals surface area contributed by atoms with Gasteiger partial charge in [0.2, 0.25) is 0 Å². The van der Waals surface area contributed by atoms with E-state index in [1.165, 1.54) is 218 Å². The summed E-state index contributed by atoms with van der Waals surface area (Å²) in [4.78, 5) is 72.9. The maximum atomic E-state index is 13.1. The first-order valence-corrected chi connectivity index (χ1v) is 44.1. The molecular weight excluding hydrogens is 1290 g/mol. The van der Waals surface area contributed by atoms with Crippen LogP contribution in [-0.2, 0) is 65.4 Å². The summed E-state index contributed by atoms with van der Waals surface area (Å²) >= 11 is 0. The average Bonchev–Trinajstić information content (AvgIpc) is 1.15. The van der Waals surface area contributed by atoms with Crippen molar-refractivity contribution >= 4 is 39.5 Å². The molecule has 0 aromatic rings. The van der Waals surface area contributed by atoms with Crippen molar-refractivity contribution in [3.63, 3.8) is 0 Å². The number of aliphatic hydroxyl groups excluding tert-OH is 1. The third kappa shape index (κ3) is 73.6. The van der Waals surface area contributed by atoms with Crippen LogP contribution in [0.3, 0.4) is 0 Å². The van der Waals surface area contributed by atoms with E-state index in [4.69, 9.17) is 37.0 Å². The second-order valence-corrected chi connectivity index (χ2v) is 31.0. The molecule has 0 amide bonds. The van der Waals surface area contributed by atoms with E-state index in [1.54, 1.807) is 0 Å². The van der Waals surface area contributed by atoms with Gasteiger partial charge in [-0.25, -0.2) is 9.13 Å². The summed E-state index contributed by atoms with van der Waals surface area (Å²) in [6.45, 7) is 4.94. The Morgan fingerprint density at radius 1 is 0.283 bits per heavy atom. The van der Waals surface area contributed by atoms with Crippen LogP contribution in [0.4, 0.5) is 0 Å². The van der Waals surface area contributed by atoms with Crippen LogP contribution in [0.1, 0.15) is 407 Å². The van der Waals surface area contributed by atoms with Crippen LogP contribution in [0.5, 0.6) is 0 Å². The Kier molecular flexibility index (Phi) is 72.0. The number of allylic oxidation sites excluding steroid dienone is 4. The molecule has 5 atom stereocenters. The largest absolute Gasteiger partial charge is 0.472 e. The summed E-state index contributed by atoms with van der Waals surface area (Å²) in [7, 11) is -9.92. The summed E-state index contributed by atoms with van der Waals surface area (Å²) in [5.74, 6) is -2.14. The Labute approximate surface area is 605 Å². The van der Waals surface area contributed by atoms with E-state index in [0.29, 0.717) is 25.7 Å². The SMILES string of the molecule is CCCCCC/C=C\C=C/CCCCCCCC(=O)OC[C@H](COP(=O)(O)OC[C@@H](O)COP(=O)(O)OC[C@@H](COC(=O)CCCCCCCCCCC)OC(=O)CCCCCCCCCCCCCCCCC)OC(=O)CCCCCCCCCCCCCCCCCCCCCC. The minimum atomic E-state index is -4.97. The van der Waals surface area contributed by atoms with E-state index in [9.17, 15) is 43.2 Å². The molecule has 2 unspecified atom stereocenters. The normalized spacial score (nSPS) is 14.0. The Hall–Kier alpha value is -2.46. The molecule has 0 saturated carbocycles. The Bertz CT molecular complexity index is 1970. The molecule has 19 heteroatoms. The van der Waals surface area contributed by atoms with Gasteiger partial charge in [0.1, 0.15) is 19.3 Å². The zero-order chi connectivity index (χ0) is 72.5. The first-order chi connectivity index (χ1) is 48.2. The fraction of sp³-hybridized carbons (Fsp3) is 0.900. The van der Waals surface area contributed by atoms with Gasteiger partial charge in [-0.1, -0.05) is 354 Å². The smallest absolute Gasteiger partial charge is 0.462 e. The first kappa shape index (κ1) is 96.5. The molecular formula is C80H152O17P2. The fourth-order valence-corrected chi connectivity index (χ4v) is 13.5. The molecule has 0 aliphatic rings. The maximum Gasteiger partial charge on any atom is 0.472 e. The molecule has 584 valence electrons. The van der Waals surface area contributed by atoms with E-state index in [0.717, 1.165) is 109 Å². The summed E-state index contributed by atoms with van der Waals surface area (Å²) in [6.07, 6.45) is 68.8. The Morgan fingerprint density at radius 2 is 0.485 bits per heavy atom. The number of phosphoric acid groups is 2. The van der Waals surface area contributed by atoms with Gasteiger partial charge in [-0.3, -0.25) is 37.3 Å². The van der Waals surface area contributed by atoms with Crippen LogP contribution in [0.2, 0.25) is 0 Å². The van der Waals surface area contributed by atoms with Crippen molar-refractivity contribution in [1.82, 2.24) is 0 Å². The molecule has 17 nitrogen and oxygen atoms in total. The summed E-state index contributed by atoms with van der Waals surface area (Å²) in [6, 6.07) is 0. The van der Waals surface area contributed by atoms with Crippen molar-refractivity contribution in [3.05, 3.63) is 24.3 Å². The van der Waals surface area contributed by atoms with Crippen LogP contribution in [0.25, 0.3) is 0 Å². The molecule has 0 aliphatic carbocycles. The standard InChI is InChI=1S/C80H152O17P2/c1-5-9-13-17-21-25-28-31-34-35-36-37-38-41-44-47-51-55-59-63-67-80(85)97-76(71-91-78(83)65-61-57-53-49-45-42-39-32-29-26-22-18-14-10-6-2)73-95-99(88,89)93-69-74(81)68-92-98(86,87)94-72-75(70-90-77(82)64-60-56-52-48-24-20-16-12-8-4)96-79(84)66-62-58-54-50-46-43-40-33-30-27-23-19-15-11-7-3/h26,29,32,39,74-76,81H,5-25,27-28,30-31,33-38,40-73H2,1-4H3,(H,86,87)(H,88,89)/b29-26-,39-32-/t74-,75+,76+/m0/s1. The number of ether oxygens (including phenoxy) is 4. The van der Waals surface area contributed by atoms with E-state index >= 15 is 0 Å². The lowest BCUT2D eigenvalue weighted by molar-refractivity contribution is -0.161. The van der Waals surface area contributed by atoms with E-state index in [2.05, 4.69) is 52.0 Å². The Morgan fingerprint density at radius 3 is 0.737 bits per heavy atom. The molecule has 0 rings (SSSR count). The number of esters is 4. The number of carbonyl (C=O) groups is 4. The van der Waals surface area contributed by atoms with Crippen molar-refractivity contribution in [2.75, 3.05) is 39.6 Å². The van der Waals surface area contributed by atoms with Gasteiger partial charge in [0.15, 0.2) is 12.2 Å². The second-order valence-electron chi connectivity index (χ2n) is 28.1. The molecule has 0 aromatic heterocycles. The lowest BCUT2D eigenvalue weighted by Gasteiger charge is -2.21. The summed E-state index contributed by atoms with van der Waals surface area (Å²) in [5, 5.41) is 10.6. The molecule has 0 saturated heterocycles. The molecule has 0 fully saturated rings. The zero-order valence-corrected chi connectivity index (χ0v) is 65.7. The summed E-state index contributed by atoms with van der Waals surface area (Å²) in [5.41, 5.74) is 0. The third-order valence-corrected chi connectivity index (χ3v) is 20.1. The van der Waals surface area contributed by atoms with Crippen LogP contribution >= 0.6 is 15.6 Å². The predicted molar refractivity (Wildman–Crippen MR) is 405 cm³/mol. The average molecular weight is 1450 g/mol. The second kappa shape index (κ2) is 73.8. The van der Waals surface area contributed by atoms with Crippen molar-refractivity contribution in [1.29, 1.82) is 0 Å². The van der Waals surface area contributed by atoms with E-state index < -0.39 is 97.5 Å². The lowest BCUT2D eigenvalue weighted by Crippen LogP contribution is -2.30. The minimum Gasteiger partial charge on any atom is -0.462 e. The number of rotatable bonds is 79. The van der Waals surface area contributed by atoms with Crippen molar-refractivity contribution in [2.24, 2.45) is 0 Å². The topological polar surface area (TPSA) is 237 Å². The van der Waals surface area contributed by atoms with Crippen LogP contribution < -0.4 is 0 Å². The van der Waals surface area contributed by atoms with Gasteiger partial charge in [-0.15, -0.1) is 0 Å². The number of phosphoric ester groups is 2. The van der Waals surface area contributed by atoms with Crippen LogP contribution in [-0.4, -0.2) is 96.7 Å². The highest BCUT2D eigenvalue weighted by molar-refractivity contribution is 7.47. The van der Waals surface area contributed by atoms with Gasteiger partial charge >= 0.3 is 39.5 Å². The molecule has 0 heterocycles. The van der Waals surface area contributed by atoms with E-state index in [-0.39, 0.29) is 25.7 Å². The van der Waals surface area contributed by atoms with Gasteiger partial charge in [0, 0.05) is 25.7 Å². The predicted octanol–water partition coefficient (Wildman–Crippen LogP) is 23.7. The Balaban J connectivity index is 5.24. The number of carbonyl (C=O) groups excluding carboxylic acids is 4. The highest BCUT2D eigenvalue weighted by atomic mass is 31.2. The van der Waals surface area contributed by atoms with Gasteiger partial charge in [0.25, 0.3) is 0 Å². The quantitative estimate of drug-likeness (QED) is 0.0169. The first-order valence-electron chi connectivity index (χ1n) is 41.1. The van der Waals surface area contributed by atoms with Crippen molar-refractivity contribution < 1.29 is 80.2 Å². The third-order valence-electron chi connectivity index (χ3n) is 18.2. The molecule has 0 bridgehead atoms. The monoisotopic (exact) mass is 1450 g/mol. The number of aliphatic hydroxyl groups is 1.